The minimum atomic E-state index is -3.63. The van der Waals surface area contributed by atoms with Crippen LogP contribution in [0.3, 0.4) is 0 Å². The molecule has 1 amide bonds. The monoisotopic (exact) mass is 267 g/mol. The summed E-state index contributed by atoms with van der Waals surface area (Å²) in [6, 6.07) is 6.53. The summed E-state index contributed by atoms with van der Waals surface area (Å²) < 4.78 is 24.5. The Morgan fingerprint density at radius 2 is 1.89 bits per heavy atom. The van der Waals surface area contributed by atoms with Gasteiger partial charge in [0.2, 0.25) is 16.2 Å². The Morgan fingerprint density at radius 1 is 1.28 bits per heavy atom. The highest BCUT2D eigenvalue weighted by molar-refractivity contribution is 7.95. The zero-order chi connectivity index (χ0) is 13.6. The fourth-order valence-corrected chi connectivity index (χ4v) is 2.71. The maximum atomic E-state index is 12.2. The normalized spacial score (nSPS) is 12.2. The van der Waals surface area contributed by atoms with Crippen molar-refractivity contribution >= 4 is 16.2 Å². The summed E-state index contributed by atoms with van der Waals surface area (Å²) in [6.07, 6.45) is 3.32. The third-order valence-corrected chi connectivity index (χ3v) is 4.20. The molecule has 1 aromatic carbocycles. The summed E-state index contributed by atoms with van der Waals surface area (Å²) in [6.45, 7) is 3.82. The van der Waals surface area contributed by atoms with E-state index in [4.69, 9.17) is 0 Å². The molecule has 0 unspecified atom stereocenters. The molecule has 0 spiro atoms. The second-order valence-electron chi connectivity index (χ2n) is 3.94. The Balaban J connectivity index is 3.16. The number of allylic oxidation sites excluding steroid dienone is 1. The van der Waals surface area contributed by atoms with Crippen molar-refractivity contribution in [2.24, 2.45) is 0 Å². The van der Waals surface area contributed by atoms with E-state index >= 15 is 0 Å². The molecule has 0 aliphatic rings. The van der Waals surface area contributed by atoms with Crippen molar-refractivity contribution in [1.82, 2.24) is 5.32 Å². The van der Waals surface area contributed by atoms with Crippen molar-refractivity contribution < 1.29 is 13.2 Å². The van der Waals surface area contributed by atoms with Crippen LogP contribution in [-0.4, -0.2) is 14.8 Å². The summed E-state index contributed by atoms with van der Waals surface area (Å²) in [4.78, 5) is 10.7. The molecule has 0 bridgehead atoms. The molecule has 1 aromatic rings. The van der Waals surface area contributed by atoms with Crippen LogP contribution in [0, 0.1) is 6.92 Å². The standard InChI is InChI=1S/C13H17NO3S/c1-3-4-5-13(14-10-15)18(16,17)12-8-6-11(2)7-9-12/h5-10H,3-4H2,1-2H3,(H,14,15)/b13-5-. The van der Waals surface area contributed by atoms with E-state index in [2.05, 4.69) is 5.32 Å². The van der Waals surface area contributed by atoms with Gasteiger partial charge in [0.25, 0.3) is 0 Å². The topological polar surface area (TPSA) is 63.2 Å². The van der Waals surface area contributed by atoms with Gasteiger partial charge in [-0.05, 0) is 31.6 Å². The van der Waals surface area contributed by atoms with Crippen molar-refractivity contribution in [2.45, 2.75) is 31.6 Å². The molecule has 18 heavy (non-hydrogen) atoms. The van der Waals surface area contributed by atoms with Crippen LogP contribution in [0.15, 0.2) is 40.3 Å². The molecule has 0 atom stereocenters. The number of benzene rings is 1. The Hall–Kier alpha value is -1.62. The smallest absolute Gasteiger partial charge is 0.221 e. The van der Waals surface area contributed by atoms with Gasteiger partial charge in [-0.1, -0.05) is 31.0 Å². The zero-order valence-electron chi connectivity index (χ0n) is 10.5. The number of rotatable bonds is 6. The van der Waals surface area contributed by atoms with Crippen LogP contribution in [0.2, 0.25) is 0 Å². The number of amides is 1. The van der Waals surface area contributed by atoms with Crippen LogP contribution in [0.25, 0.3) is 0 Å². The van der Waals surface area contributed by atoms with E-state index in [9.17, 15) is 13.2 Å². The van der Waals surface area contributed by atoms with Gasteiger partial charge in [0.15, 0.2) is 0 Å². The number of aryl methyl sites for hydroxylation is 1. The molecule has 4 nitrogen and oxygen atoms in total. The molecule has 0 heterocycles. The first-order chi connectivity index (χ1) is 8.52. The molecule has 0 radical (unpaired) electrons. The van der Waals surface area contributed by atoms with Gasteiger partial charge in [0, 0.05) is 0 Å². The first-order valence-corrected chi connectivity index (χ1v) is 7.22. The quantitative estimate of drug-likeness (QED) is 0.803. The summed E-state index contributed by atoms with van der Waals surface area (Å²) >= 11 is 0. The van der Waals surface area contributed by atoms with Crippen LogP contribution in [0.5, 0.6) is 0 Å². The van der Waals surface area contributed by atoms with Crippen molar-refractivity contribution in [1.29, 1.82) is 0 Å². The van der Waals surface area contributed by atoms with Gasteiger partial charge >= 0.3 is 0 Å². The molecule has 0 saturated carbocycles. The third kappa shape index (κ3) is 3.43. The van der Waals surface area contributed by atoms with Gasteiger partial charge in [-0.15, -0.1) is 0 Å². The van der Waals surface area contributed by atoms with Gasteiger partial charge in [-0.25, -0.2) is 8.42 Å². The van der Waals surface area contributed by atoms with E-state index in [1.165, 1.54) is 18.2 Å². The summed E-state index contributed by atoms with van der Waals surface area (Å²) in [5.74, 6) is 0. The maximum Gasteiger partial charge on any atom is 0.221 e. The van der Waals surface area contributed by atoms with Crippen LogP contribution < -0.4 is 5.32 Å². The second-order valence-corrected chi connectivity index (χ2v) is 5.85. The number of unbranched alkanes of at least 4 members (excludes halogenated alkanes) is 1. The first kappa shape index (κ1) is 14.4. The largest absolute Gasteiger partial charge is 0.319 e. The van der Waals surface area contributed by atoms with Gasteiger partial charge in [0.05, 0.1) is 4.90 Å². The minimum absolute atomic E-state index is 0.0526. The average Bonchev–Trinajstić information content (AvgIpc) is 2.35. The van der Waals surface area contributed by atoms with E-state index in [1.807, 2.05) is 13.8 Å². The first-order valence-electron chi connectivity index (χ1n) is 5.74. The number of hydrogen-bond donors (Lipinski definition) is 1. The molecule has 98 valence electrons. The number of sulfone groups is 1. The fourth-order valence-electron chi connectivity index (χ4n) is 1.42. The molecule has 1 rings (SSSR count). The molecular weight excluding hydrogens is 250 g/mol. The van der Waals surface area contributed by atoms with E-state index < -0.39 is 9.84 Å². The third-order valence-electron chi connectivity index (χ3n) is 2.44. The van der Waals surface area contributed by atoms with Gasteiger partial charge in [-0.2, -0.15) is 0 Å². The van der Waals surface area contributed by atoms with Crippen LogP contribution >= 0.6 is 0 Å². The van der Waals surface area contributed by atoms with Crippen LogP contribution in [0.1, 0.15) is 25.3 Å². The van der Waals surface area contributed by atoms with E-state index in [1.54, 1.807) is 12.1 Å². The SMILES string of the molecule is CCC/C=C(/NC=O)S(=O)(=O)c1ccc(C)cc1. The molecule has 0 aromatic heterocycles. The molecule has 0 fully saturated rings. The fraction of sp³-hybridized carbons (Fsp3) is 0.308. The highest BCUT2D eigenvalue weighted by atomic mass is 32.2. The molecule has 0 saturated heterocycles. The lowest BCUT2D eigenvalue weighted by atomic mass is 10.2. The molecule has 1 N–H and O–H groups in total. The average molecular weight is 267 g/mol. The Bertz CT molecular complexity index is 530. The number of carbonyl (C=O) groups excluding carboxylic acids is 1. The van der Waals surface area contributed by atoms with E-state index in [0.717, 1.165) is 12.0 Å². The maximum absolute atomic E-state index is 12.2. The van der Waals surface area contributed by atoms with Crippen molar-refractivity contribution in [3.63, 3.8) is 0 Å². The minimum Gasteiger partial charge on any atom is -0.319 e. The second kappa shape index (κ2) is 6.35. The molecule has 0 aliphatic heterocycles. The van der Waals surface area contributed by atoms with Crippen molar-refractivity contribution in [2.75, 3.05) is 0 Å². The predicted octanol–water partition coefficient (Wildman–Crippen LogP) is 2.16. The van der Waals surface area contributed by atoms with E-state index in [0.29, 0.717) is 12.8 Å². The number of carbonyl (C=O) groups is 1. The lowest BCUT2D eigenvalue weighted by Gasteiger charge is -2.08. The Morgan fingerprint density at radius 3 is 2.39 bits per heavy atom. The summed E-state index contributed by atoms with van der Waals surface area (Å²) in [5.41, 5.74) is 0.983. The van der Waals surface area contributed by atoms with Crippen molar-refractivity contribution in [3.05, 3.63) is 40.9 Å². The lowest BCUT2D eigenvalue weighted by molar-refractivity contribution is -0.108. The molecule has 5 heteroatoms. The summed E-state index contributed by atoms with van der Waals surface area (Å²) in [7, 11) is -3.63. The number of hydrogen-bond acceptors (Lipinski definition) is 3. The highest BCUT2D eigenvalue weighted by Crippen LogP contribution is 2.18. The predicted molar refractivity (Wildman–Crippen MR) is 70.6 cm³/mol. The van der Waals surface area contributed by atoms with E-state index in [-0.39, 0.29) is 9.92 Å². The zero-order valence-corrected chi connectivity index (χ0v) is 11.3. The van der Waals surface area contributed by atoms with Crippen LogP contribution in [-0.2, 0) is 14.6 Å². The summed E-state index contributed by atoms with van der Waals surface area (Å²) in [5, 5.41) is 2.21. The Kier molecular flexibility index (Phi) is 5.09. The molecular formula is C13H17NO3S. The Labute approximate surface area is 108 Å². The molecule has 0 aliphatic carbocycles. The van der Waals surface area contributed by atoms with Gasteiger partial charge in [-0.3, -0.25) is 4.79 Å². The van der Waals surface area contributed by atoms with Crippen molar-refractivity contribution in [3.8, 4) is 0 Å². The highest BCUT2D eigenvalue weighted by Gasteiger charge is 2.19. The lowest BCUT2D eigenvalue weighted by Crippen LogP contribution is -2.19. The van der Waals surface area contributed by atoms with Gasteiger partial charge < -0.3 is 5.32 Å². The van der Waals surface area contributed by atoms with Crippen LogP contribution in [0.4, 0.5) is 0 Å². The van der Waals surface area contributed by atoms with Gasteiger partial charge in [0.1, 0.15) is 5.03 Å². The number of nitrogens with one attached hydrogen (secondary N) is 1.